The number of fused-ring (bicyclic) bond motifs is 1. The smallest absolute Gasteiger partial charge is 0.241 e. The number of piperidine rings is 1. The molecule has 3 heteroatoms. The summed E-state index contributed by atoms with van der Waals surface area (Å²) in [4.78, 5) is 12.5. The Labute approximate surface area is 127 Å². The quantitative estimate of drug-likeness (QED) is 0.873. The van der Waals surface area contributed by atoms with Gasteiger partial charge in [0.1, 0.15) is 0 Å². The third kappa shape index (κ3) is 3.29. The molecule has 2 fully saturated rings. The van der Waals surface area contributed by atoms with E-state index < -0.39 is 0 Å². The second kappa shape index (κ2) is 6.18. The number of hydrogen-bond acceptors (Lipinski definition) is 2. The van der Waals surface area contributed by atoms with E-state index in [1.165, 1.54) is 37.7 Å². The summed E-state index contributed by atoms with van der Waals surface area (Å²) in [6.07, 6.45) is 7.41. The van der Waals surface area contributed by atoms with Crippen molar-refractivity contribution in [3.63, 3.8) is 0 Å². The van der Waals surface area contributed by atoms with Gasteiger partial charge in [0.25, 0.3) is 0 Å². The highest BCUT2D eigenvalue weighted by atomic mass is 16.2. The van der Waals surface area contributed by atoms with Crippen molar-refractivity contribution in [2.45, 2.75) is 64.5 Å². The maximum Gasteiger partial charge on any atom is 0.241 e. The average molecular weight is 286 g/mol. The van der Waals surface area contributed by atoms with Crippen LogP contribution in [-0.4, -0.2) is 18.0 Å². The first kappa shape index (κ1) is 14.6. The number of benzene rings is 1. The van der Waals surface area contributed by atoms with Crippen LogP contribution in [0.25, 0.3) is 0 Å². The summed E-state index contributed by atoms with van der Waals surface area (Å²) < 4.78 is 0. The van der Waals surface area contributed by atoms with Crippen LogP contribution in [0.4, 0.5) is 5.69 Å². The van der Waals surface area contributed by atoms with Gasteiger partial charge in [-0.05, 0) is 57.1 Å². The van der Waals surface area contributed by atoms with Crippen molar-refractivity contribution in [2.75, 3.05) is 5.32 Å². The molecule has 0 spiro atoms. The molecule has 1 aromatic carbocycles. The highest BCUT2D eigenvalue weighted by Gasteiger charge is 2.34. The maximum atomic E-state index is 12.5. The van der Waals surface area contributed by atoms with Gasteiger partial charge in [-0.25, -0.2) is 0 Å². The number of anilines is 1. The number of amides is 1. The second-order valence-corrected chi connectivity index (χ2v) is 6.76. The minimum atomic E-state index is -0.0231. The summed E-state index contributed by atoms with van der Waals surface area (Å²) in [6, 6.07) is 6.71. The van der Waals surface area contributed by atoms with Gasteiger partial charge in [-0.3, -0.25) is 4.79 Å². The van der Waals surface area contributed by atoms with Gasteiger partial charge in [-0.15, -0.1) is 0 Å². The Balaban J connectivity index is 1.63. The molecule has 21 heavy (non-hydrogen) atoms. The molecule has 1 amide bonds. The normalized spacial score (nSPS) is 28.8. The second-order valence-electron chi connectivity index (χ2n) is 6.76. The molecule has 3 atom stereocenters. The van der Waals surface area contributed by atoms with Gasteiger partial charge in [0.2, 0.25) is 5.91 Å². The Morgan fingerprint density at radius 3 is 2.76 bits per heavy atom. The van der Waals surface area contributed by atoms with Crippen molar-refractivity contribution in [3.8, 4) is 0 Å². The minimum Gasteiger partial charge on any atom is -0.324 e. The molecule has 1 saturated carbocycles. The Bertz CT molecular complexity index is 526. The SMILES string of the molecule is Cc1ccc(NC(=O)C2CCC3CCCCC3N2)c(C)c1. The van der Waals surface area contributed by atoms with E-state index in [1.54, 1.807) is 0 Å². The molecule has 1 aliphatic carbocycles. The fraction of sp³-hybridized carbons (Fsp3) is 0.611. The molecule has 0 bridgehead atoms. The van der Waals surface area contributed by atoms with Crippen LogP contribution in [0.2, 0.25) is 0 Å². The summed E-state index contributed by atoms with van der Waals surface area (Å²) in [5, 5.41) is 6.70. The number of hydrogen-bond donors (Lipinski definition) is 2. The molecule has 0 radical (unpaired) electrons. The first-order valence-electron chi connectivity index (χ1n) is 8.27. The summed E-state index contributed by atoms with van der Waals surface area (Å²) in [7, 11) is 0. The Morgan fingerprint density at radius 2 is 1.95 bits per heavy atom. The lowest BCUT2D eigenvalue weighted by atomic mass is 9.77. The Kier molecular flexibility index (Phi) is 4.29. The number of carbonyl (C=O) groups excluding carboxylic acids is 1. The molecule has 3 nitrogen and oxygen atoms in total. The summed E-state index contributed by atoms with van der Waals surface area (Å²) in [5.74, 6) is 0.926. The number of rotatable bonds is 2. The Hall–Kier alpha value is -1.35. The molecule has 114 valence electrons. The highest BCUT2D eigenvalue weighted by molar-refractivity contribution is 5.95. The van der Waals surface area contributed by atoms with Gasteiger partial charge in [0, 0.05) is 11.7 Å². The van der Waals surface area contributed by atoms with Crippen molar-refractivity contribution < 1.29 is 4.79 Å². The fourth-order valence-electron chi connectivity index (χ4n) is 3.88. The van der Waals surface area contributed by atoms with E-state index in [4.69, 9.17) is 0 Å². The lowest BCUT2D eigenvalue weighted by Gasteiger charge is -2.39. The number of carbonyl (C=O) groups is 1. The van der Waals surface area contributed by atoms with E-state index in [2.05, 4.69) is 23.6 Å². The molecule has 2 N–H and O–H groups in total. The van der Waals surface area contributed by atoms with E-state index >= 15 is 0 Å². The van der Waals surface area contributed by atoms with E-state index in [-0.39, 0.29) is 11.9 Å². The molecule has 1 aliphatic heterocycles. The van der Waals surface area contributed by atoms with Gasteiger partial charge in [-0.1, -0.05) is 30.5 Å². The van der Waals surface area contributed by atoms with Gasteiger partial charge >= 0.3 is 0 Å². The summed E-state index contributed by atoms with van der Waals surface area (Å²) in [6.45, 7) is 4.12. The van der Waals surface area contributed by atoms with Crippen molar-refractivity contribution in [3.05, 3.63) is 29.3 Å². The van der Waals surface area contributed by atoms with E-state index in [9.17, 15) is 4.79 Å². The van der Waals surface area contributed by atoms with Crippen LogP contribution in [0.15, 0.2) is 18.2 Å². The molecular weight excluding hydrogens is 260 g/mol. The van der Waals surface area contributed by atoms with Crippen LogP contribution in [0.3, 0.4) is 0 Å². The molecular formula is C18H26N2O. The van der Waals surface area contributed by atoms with Crippen LogP contribution in [0, 0.1) is 19.8 Å². The molecule has 2 aliphatic rings. The topological polar surface area (TPSA) is 41.1 Å². The number of nitrogens with one attached hydrogen (secondary N) is 2. The third-order valence-corrected chi connectivity index (χ3v) is 5.11. The van der Waals surface area contributed by atoms with Gasteiger partial charge in [0.05, 0.1) is 6.04 Å². The van der Waals surface area contributed by atoms with Gasteiger partial charge < -0.3 is 10.6 Å². The van der Waals surface area contributed by atoms with Crippen LogP contribution >= 0.6 is 0 Å². The number of aryl methyl sites for hydroxylation is 2. The first-order chi connectivity index (χ1) is 10.1. The van der Waals surface area contributed by atoms with E-state index in [1.807, 2.05) is 19.1 Å². The molecule has 3 rings (SSSR count). The third-order valence-electron chi connectivity index (χ3n) is 5.11. The van der Waals surface area contributed by atoms with Crippen molar-refractivity contribution in [1.29, 1.82) is 0 Å². The molecule has 1 aromatic rings. The fourth-order valence-corrected chi connectivity index (χ4v) is 3.88. The van der Waals surface area contributed by atoms with Crippen LogP contribution in [0.1, 0.15) is 49.7 Å². The summed E-state index contributed by atoms with van der Waals surface area (Å²) >= 11 is 0. The average Bonchev–Trinajstić information content (AvgIpc) is 2.49. The molecule has 3 unspecified atom stereocenters. The molecule has 1 saturated heterocycles. The lowest BCUT2D eigenvalue weighted by molar-refractivity contribution is -0.119. The predicted molar refractivity (Wildman–Crippen MR) is 86.4 cm³/mol. The highest BCUT2D eigenvalue weighted by Crippen LogP contribution is 2.32. The van der Waals surface area contributed by atoms with E-state index in [0.29, 0.717) is 6.04 Å². The molecule has 1 heterocycles. The van der Waals surface area contributed by atoms with Crippen molar-refractivity contribution in [2.24, 2.45) is 5.92 Å². The first-order valence-corrected chi connectivity index (χ1v) is 8.27. The van der Waals surface area contributed by atoms with Crippen LogP contribution in [0.5, 0.6) is 0 Å². The van der Waals surface area contributed by atoms with Crippen molar-refractivity contribution in [1.82, 2.24) is 5.32 Å². The van der Waals surface area contributed by atoms with Crippen LogP contribution < -0.4 is 10.6 Å². The monoisotopic (exact) mass is 286 g/mol. The summed E-state index contributed by atoms with van der Waals surface area (Å²) in [5.41, 5.74) is 3.30. The zero-order valence-corrected chi connectivity index (χ0v) is 13.1. The van der Waals surface area contributed by atoms with Gasteiger partial charge in [-0.2, -0.15) is 0 Å². The predicted octanol–water partition coefficient (Wildman–Crippen LogP) is 3.55. The standard InChI is InChI=1S/C18H26N2O/c1-12-7-9-15(13(2)11-12)20-18(21)17-10-8-14-5-3-4-6-16(14)19-17/h7,9,11,14,16-17,19H,3-6,8,10H2,1-2H3,(H,20,21). The Morgan fingerprint density at radius 1 is 1.14 bits per heavy atom. The largest absolute Gasteiger partial charge is 0.324 e. The zero-order chi connectivity index (χ0) is 14.8. The zero-order valence-electron chi connectivity index (χ0n) is 13.1. The lowest BCUT2D eigenvalue weighted by Crippen LogP contribution is -2.53. The van der Waals surface area contributed by atoms with E-state index in [0.717, 1.165) is 23.6 Å². The van der Waals surface area contributed by atoms with Gasteiger partial charge in [0.15, 0.2) is 0 Å². The van der Waals surface area contributed by atoms with Crippen LogP contribution in [-0.2, 0) is 4.79 Å². The van der Waals surface area contributed by atoms with Crippen molar-refractivity contribution >= 4 is 11.6 Å². The minimum absolute atomic E-state index is 0.0231. The maximum absolute atomic E-state index is 12.5. The molecule has 0 aromatic heterocycles.